The summed E-state index contributed by atoms with van der Waals surface area (Å²) < 4.78 is 0. The summed E-state index contributed by atoms with van der Waals surface area (Å²) in [5, 5.41) is 4.16. The molecule has 0 fully saturated rings. The fourth-order valence-electron chi connectivity index (χ4n) is 1.98. The molecule has 102 valence electrons. The molecular formula is C16H22N2O. The Morgan fingerprint density at radius 3 is 2.79 bits per heavy atom. The smallest absolute Gasteiger partial charge is 0.224 e. The van der Waals surface area contributed by atoms with Gasteiger partial charge in [-0.05, 0) is 23.5 Å². The zero-order valence-electron chi connectivity index (χ0n) is 11.9. The average molecular weight is 258 g/mol. The Kier molecular flexibility index (Phi) is 3.93. The van der Waals surface area contributed by atoms with E-state index in [4.69, 9.17) is 0 Å². The SMILES string of the molecule is CCC(C)(C)CNC(=O)Cc1c[nH]c2ccccc12. The second kappa shape index (κ2) is 5.47. The number of fused-ring (bicyclic) bond motifs is 1. The zero-order chi connectivity index (χ0) is 13.9. The van der Waals surface area contributed by atoms with E-state index in [1.807, 2.05) is 30.5 Å². The lowest BCUT2D eigenvalue weighted by Gasteiger charge is -2.22. The Balaban J connectivity index is 1.99. The van der Waals surface area contributed by atoms with E-state index in [0.717, 1.165) is 29.4 Å². The largest absolute Gasteiger partial charge is 0.361 e. The van der Waals surface area contributed by atoms with Crippen molar-refractivity contribution in [3.63, 3.8) is 0 Å². The van der Waals surface area contributed by atoms with Gasteiger partial charge in [-0.25, -0.2) is 0 Å². The highest BCUT2D eigenvalue weighted by Crippen LogP contribution is 2.19. The van der Waals surface area contributed by atoms with Crippen molar-refractivity contribution in [2.45, 2.75) is 33.6 Å². The number of nitrogens with one attached hydrogen (secondary N) is 2. The number of hydrogen-bond donors (Lipinski definition) is 2. The van der Waals surface area contributed by atoms with Crippen molar-refractivity contribution in [1.29, 1.82) is 0 Å². The molecule has 19 heavy (non-hydrogen) atoms. The molecule has 2 rings (SSSR count). The minimum Gasteiger partial charge on any atom is -0.361 e. The number of aromatic amines is 1. The van der Waals surface area contributed by atoms with Gasteiger partial charge in [0.2, 0.25) is 5.91 Å². The fourth-order valence-corrected chi connectivity index (χ4v) is 1.98. The molecule has 0 aliphatic rings. The summed E-state index contributed by atoms with van der Waals surface area (Å²) in [6.45, 7) is 7.20. The molecular weight excluding hydrogens is 236 g/mol. The van der Waals surface area contributed by atoms with E-state index in [2.05, 4.69) is 31.1 Å². The normalized spacial score (nSPS) is 11.7. The maximum atomic E-state index is 12.0. The van der Waals surface area contributed by atoms with Gasteiger partial charge in [-0.2, -0.15) is 0 Å². The van der Waals surface area contributed by atoms with Crippen LogP contribution in [0.25, 0.3) is 10.9 Å². The van der Waals surface area contributed by atoms with Crippen LogP contribution in [0.2, 0.25) is 0 Å². The van der Waals surface area contributed by atoms with Crippen LogP contribution in [0.5, 0.6) is 0 Å². The van der Waals surface area contributed by atoms with E-state index in [1.165, 1.54) is 0 Å². The van der Waals surface area contributed by atoms with Gasteiger partial charge in [0.05, 0.1) is 6.42 Å². The Hall–Kier alpha value is -1.77. The second-order valence-electron chi connectivity index (χ2n) is 5.83. The first-order valence-corrected chi connectivity index (χ1v) is 6.83. The number of para-hydroxylation sites is 1. The molecule has 0 saturated heterocycles. The van der Waals surface area contributed by atoms with Crippen molar-refractivity contribution in [3.8, 4) is 0 Å². The zero-order valence-corrected chi connectivity index (χ0v) is 11.9. The highest BCUT2D eigenvalue weighted by Gasteiger charge is 2.16. The maximum Gasteiger partial charge on any atom is 0.224 e. The Morgan fingerprint density at radius 2 is 2.05 bits per heavy atom. The molecule has 0 bridgehead atoms. The molecule has 3 heteroatoms. The van der Waals surface area contributed by atoms with Crippen LogP contribution in [0.15, 0.2) is 30.5 Å². The summed E-state index contributed by atoms with van der Waals surface area (Å²) in [4.78, 5) is 15.2. The number of H-pyrrole nitrogens is 1. The van der Waals surface area contributed by atoms with E-state index in [-0.39, 0.29) is 11.3 Å². The summed E-state index contributed by atoms with van der Waals surface area (Å²) in [5.41, 5.74) is 2.30. The summed E-state index contributed by atoms with van der Waals surface area (Å²) in [5.74, 6) is 0.0891. The van der Waals surface area contributed by atoms with Crippen LogP contribution in [0, 0.1) is 5.41 Å². The minimum absolute atomic E-state index is 0.0891. The third-order valence-corrected chi connectivity index (χ3v) is 3.75. The third-order valence-electron chi connectivity index (χ3n) is 3.75. The quantitative estimate of drug-likeness (QED) is 0.849. The van der Waals surface area contributed by atoms with Gasteiger partial charge < -0.3 is 10.3 Å². The number of hydrogen-bond acceptors (Lipinski definition) is 1. The molecule has 0 aliphatic heterocycles. The van der Waals surface area contributed by atoms with Crippen molar-refractivity contribution in [1.82, 2.24) is 10.3 Å². The van der Waals surface area contributed by atoms with Crippen molar-refractivity contribution >= 4 is 16.8 Å². The molecule has 0 radical (unpaired) electrons. The average Bonchev–Trinajstić information content (AvgIpc) is 2.80. The van der Waals surface area contributed by atoms with Crippen LogP contribution >= 0.6 is 0 Å². The third kappa shape index (κ3) is 3.37. The topological polar surface area (TPSA) is 44.9 Å². The second-order valence-corrected chi connectivity index (χ2v) is 5.83. The Morgan fingerprint density at radius 1 is 1.32 bits per heavy atom. The Bertz CT molecular complexity index is 569. The van der Waals surface area contributed by atoms with Gasteiger partial charge in [0.15, 0.2) is 0 Å². The summed E-state index contributed by atoms with van der Waals surface area (Å²) in [6.07, 6.45) is 3.42. The first kappa shape index (κ1) is 13.7. The van der Waals surface area contributed by atoms with Gasteiger partial charge in [0.25, 0.3) is 0 Å². The first-order chi connectivity index (χ1) is 9.02. The highest BCUT2D eigenvalue weighted by molar-refractivity contribution is 5.88. The van der Waals surface area contributed by atoms with Crippen molar-refractivity contribution < 1.29 is 4.79 Å². The van der Waals surface area contributed by atoms with E-state index in [1.54, 1.807) is 0 Å². The number of amides is 1. The molecule has 2 N–H and O–H groups in total. The lowest BCUT2D eigenvalue weighted by Crippen LogP contribution is -2.34. The summed E-state index contributed by atoms with van der Waals surface area (Å²) in [6, 6.07) is 8.06. The van der Waals surface area contributed by atoms with Crippen LogP contribution in [-0.2, 0) is 11.2 Å². The number of rotatable bonds is 5. The summed E-state index contributed by atoms with van der Waals surface area (Å²) in [7, 11) is 0. The van der Waals surface area contributed by atoms with Crippen LogP contribution in [-0.4, -0.2) is 17.4 Å². The number of carbonyl (C=O) groups excluding carboxylic acids is 1. The molecule has 1 heterocycles. The van der Waals surface area contributed by atoms with Crippen LogP contribution < -0.4 is 5.32 Å². The predicted molar refractivity (Wildman–Crippen MR) is 79.1 cm³/mol. The van der Waals surface area contributed by atoms with Gasteiger partial charge in [-0.1, -0.05) is 39.0 Å². The van der Waals surface area contributed by atoms with E-state index < -0.39 is 0 Å². The lowest BCUT2D eigenvalue weighted by molar-refractivity contribution is -0.120. The standard InChI is InChI=1S/C16H22N2O/c1-4-16(2,3)11-18-15(19)9-12-10-17-14-8-6-5-7-13(12)14/h5-8,10,17H,4,9,11H2,1-3H3,(H,18,19). The maximum absolute atomic E-state index is 12.0. The number of carbonyl (C=O) groups is 1. The molecule has 1 amide bonds. The molecule has 1 aromatic heterocycles. The molecule has 0 unspecified atom stereocenters. The molecule has 0 spiro atoms. The van der Waals surface area contributed by atoms with Gasteiger partial charge in [0, 0.05) is 23.6 Å². The van der Waals surface area contributed by atoms with Gasteiger partial charge >= 0.3 is 0 Å². The fraction of sp³-hybridized carbons (Fsp3) is 0.438. The molecule has 0 aliphatic carbocycles. The van der Waals surface area contributed by atoms with Gasteiger partial charge in [0.1, 0.15) is 0 Å². The minimum atomic E-state index is 0.0891. The van der Waals surface area contributed by atoms with E-state index in [0.29, 0.717) is 6.42 Å². The van der Waals surface area contributed by atoms with E-state index in [9.17, 15) is 4.79 Å². The Labute approximate surface area is 114 Å². The molecule has 2 aromatic rings. The monoisotopic (exact) mass is 258 g/mol. The van der Waals surface area contributed by atoms with Crippen LogP contribution in [0.3, 0.4) is 0 Å². The first-order valence-electron chi connectivity index (χ1n) is 6.83. The summed E-state index contributed by atoms with van der Waals surface area (Å²) >= 11 is 0. The predicted octanol–water partition coefficient (Wildman–Crippen LogP) is 3.26. The van der Waals surface area contributed by atoms with Gasteiger partial charge in [-0.3, -0.25) is 4.79 Å². The lowest BCUT2D eigenvalue weighted by atomic mass is 9.90. The van der Waals surface area contributed by atoms with Crippen molar-refractivity contribution in [2.24, 2.45) is 5.41 Å². The molecule has 1 aromatic carbocycles. The molecule has 0 atom stereocenters. The molecule has 0 saturated carbocycles. The van der Waals surface area contributed by atoms with Crippen LogP contribution in [0.1, 0.15) is 32.8 Å². The highest BCUT2D eigenvalue weighted by atomic mass is 16.1. The van der Waals surface area contributed by atoms with Crippen LogP contribution in [0.4, 0.5) is 0 Å². The van der Waals surface area contributed by atoms with E-state index >= 15 is 0 Å². The molecule has 3 nitrogen and oxygen atoms in total. The van der Waals surface area contributed by atoms with Crippen molar-refractivity contribution in [2.75, 3.05) is 6.54 Å². The number of aromatic nitrogens is 1. The van der Waals surface area contributed by atoms with Gasteiger partial charge in [-0.15, -0.1) is 0 Å². The number of benzene rings is 1. The van der Waals surface area contributed by atoms with Crippen molar-refractivity contribution in [3.05, 3.63) is 36.0 Å².